The highest BCUT2D eigenvalue weighted by atomic mass is 16.5. The Hall–Kier alpha value is -2.08. The summed E-state index contributed by atoms with van der Waals surface area (Å²) < 4.78 is 5.37. The van der Waals surface area contributed by atoms with Crippen molar-refractivity contribution in [1.82, 2.24) is 0 Å². The zero-order valence-corrected chi connectivity index (χ0v) is 15.2. The Kier molecular flexibility index (Phi) is 7.25. The highest BCUT2D eigenvalue weighted by Gasteiger charge is 2.22. The van der Waals surface area contributed by atoms with Gasteiger partial charge in [0.1, 0.15) is 6.61 Å². The van der Waals surface area contributed by atoms with Gasteiger partial charge in [-0.3, -0.25) is 9.59 Å². The molecule has 25 heavy (non-hydrogen) atoms. The number of hydrogen-bond donors (Lipinski definition) is 2. The molecule has 0 unspecified atom stereocenters. The highest BCUT2D eigenvalue weighted by molar-refractivity contribution is 5.99. The van der Waals surface area contributed by atoms with Gasteiger partial charge in [-0.15, -0.1) is 0 Å². The number of nitrogens with one attached hydrogen (secondary N) is 1. The molecule has 1 aliphatic heterocycles. The van der Waals surface area contributed by atoms with Crippen molar-refractivity contribution >= 4 is 23.2 Å². The Balaban J connectivity index is 2.16. The van der Waals surface area contributed by atoms with Crippen LogP contribution < -0.4 is 16.0 Å². The molecule has 2 amide bonds. The molecule has 1 saturated heterocycles. The van der Waals surface area contributed by atoms with Crippen molar-refractivity contribution in [2.45, 2.75) is 52.0 Å². The molecule has 3 N–H and O–H groups in total. The number of carbonyl (C=O) groups excluding carboxylic acids is 2. The largest absolute Gasteiger partial charge is 0.372 e. The van der Waals surface area contributed by atoms with Gasteiger partial charge in [0.2, 0.25) is 11.8 Å². The van der Waals surface area contributed by atoms with Crippen LogP contribution in [0.5, 0.6) is 0 Å². The molecule has 6 nitrogen and oxygen atoms in total. The van der Waals surface area contributed by atoms with E-state index in [-0.39, 0.29) is 12.5 Å². The number of nitrogens with zero attached hydrogens (tertiary/aromatic N) is 1. The van der Waals surface area contributed by atoms with Gasteiger partial charge in [0.25, 0.3) is 0 Å². The molecule has 0 aromatic heterocycles. The maximum atomic E-state index is 12.2. The van der Waals surface area contributed by atoms with Crippen LogP contribution in [-0.2, 0) is 9.53 Å². The number of carbonyl (C=O) groups is 2. The van der Waals surface area contributed by atoms with E-state index in [2.05, 4.69) is 24.1 Å². The van der Waals surface area contributed by atoms with Crippen LogP contribution in [-0.4, -0.2) is 37.6 Å². The van der Waals surface area contributed by atoms with Crippen molar-refractivity contribution in [3.63, 3.8) is 0 Å². The summed E-state index contributed by atoms with van der Waals surface area (Å²) in [6.45, 7) is 5.77. The monoisotopic (exact) mass is 347 g/mol. The van der Waals surface area contributed by atoms with E-state index < -0.39 is 5.91 Å². The molecule has 0 saturated carbocycles. The fourth-order valence-electron chi connectivity index (χ4n) is 3.09. The molecule has 1 aromatic rings. The number of piperidine rings is 1. The van der Waals surface area contributed by atoms with Crippen LogP contribution in [0, 0.1) is 0 Å². The van der Waals surface area contributed by atoms with Crippen LogP contribution in [0.25, 0.3) is 0 Å². The van der Waals surface area contributed by atoms with Gasteiger partial charge in [-0.2, -0.15) is 0 Å². The van der Waals surface area contributed by atoms with Crippen molar-refractivity contribution in [1.29, 1.82) is 0 Å². The number of benzene rings is 1. The van der Waals surface area contributed by atoms with Gasteiger partial charge in [0.05, 0.1) is 11.4 Å². The molecular weight excluding hydrogens is 318 g/mol. The molecule has 1 heterocycles. The lowest BCUT2D eigenvalue weighted by molar-refractivity contribution is -0.120. The summed E-state index contributed by atoms with van der Waals surface area (Å²) in [5.74, 6) is -0.725. The van der Waals surface area contributed by atoms with Crippen LogP contribution in [0.3, 0.4) is 0 Å². The second-order valence-electron chi connectivity index (χ2n) is 6.59. The van der Waals surface area contributed by atoms with Gasteiger partial charge < -0.3 is 20.7 Å². The first-order valence-electron chi connectivity index (χ1n) is 9.11. The van der Waals surface area contributed by atoms with Crippen LogP contribution in [0.4, 0.5) is 11.4 Å². The minimum atomic E-state index is -0.507. The van der Waals surface area contributed by atoms with E-state index in [0.29, 0.717) is 23.9 Å². The molecule has 0 spiro atoms. The zero-order valence-electron chi connectivity index (χ0n) is 15.2. The Morgan fingerprint density at radius 1 is 1.36 bits per heavy atom. The van der Waals surface area contributed by atoms with E-state index in [4.69, 9.17) is 10.5 Å². The topological polar surface area (TPSA) is 84.7 Å². The Morgan fingerprint density at radius 2 is 2.16 bits per heavy atom. The van der Waals surface area contributed by atoms with Gasteiger partial charge in [-0.25, -0.2) is 0 Å². The number of anilines is 2. The lowest BCUT2D eigenvalue weighted by Gasteiger charge is -2.36. The normalized spacial score (nSPS) is 17.4. The van der Waals surface area contributed by atoms with E-state index in [0.717, 1.165) is 37.9 Å². The van der Waals surface area contributed by atoms with Gasteiger partial charge >= 0.3 is 0 Å². The van der Waals surface area contributed by atoms with Gasteiger partial charge in [-0.05, 0) is 50.8 Å². The second-order valence-corrected chi connectivity index (χ2v) is 6.59. The van der Waals surface area contributed by atoms with E-state index in [1.165, 1.54) is 6.42 Å². The lowest BCUT2D eigenvalue weighted by atomic mass is 10.0. The summed E-state index contributed by atoms with van der Waals surface area (Å²) in [5, 5.41) is 2.89. The van der Waals surface area contributed by atoms with Crippen LogP contribution in [0.2, 0.25) is 0 Å². The van der Waals surface area contributed by atoms with E-state index >= 15 is 0 Å². The average molecular weight is 347 g/mol. The fraction of sp³-hybridized carbons (Fsp3) is 0.579. The third-order valence-electron chi connectivity index (χ3n) is 4.54. The molecule has 1 fully saturated rings. The molecule has 1 atom stereocenters. The molecule has 0 bridgehead atoms. The van der Waals surface area contributed by atoms with Gasteiger partial charge in [0.15, 0.2) is 0 Å². The van der Waals surface area contributed by atoms with Gasteiger partial charge in [0, 0.05) is 24.8 Å². The molecule has 138 valence electrons. The first-order chi connectivity index (χ1) is 12.0. The summed E-state index contributed by atoms with van der Waals surface area (Å²) in [6.07, 6.45) is 5.41. The summed E-state index contributed by atoms with van der Waals surface area (Å²) in [4.78, 5) is 26.0. The number of amides is 2. The standard InChI is InChI=1S/C19H29N3O3/c1-3-4-11-25-13-18(23)21-16-12-15(19(20)24)8-9-17(16)22-10-6-5-7-14(22)2/h8-9,12,14H,3-7,10-11,13H2,1-2H3,(H2,20,24)(H,21,23)/t14-/m0/s1. The van der Waals surface area contributed by atoms with E-state index in [1.807, 2.05) is 6.07 Å². The predicted molar refractivity (Wildman–Crippen MR) is 100.0 cm³/mol. The maximum Gasteiger partial charge on any atom is 0.250 e. The summed E-state index contributed by atoms with van der Waals surface area (Å²) in [7, 11) is 0. The Bertz CT molecular complexity index is 604. The average Bonchev–Trinajstić information content (AvgIpc) is 2.59. The van der Waals surface area contributed by atoms with Crippen LogP contribution in [0.1, 0.15) is 56.3 Å². The fourth-order valence-corrected chi connectivity index (χ4v) is 3.09. The SMILES string of the molecule is CCCCOCC(=O)Nc1cc(C(N)=O)ccc1N1CCCC[C@@H]1C. The third-order valence-corrected chi connectivity index (χ3v) is 4.54. The quantitative estimate of drug-likeness (QED) is 0.708. The van der Waals surface area contributed by atoms with E-state index in [1.54, 1.807) is 12.1 Å². The lowest BCUT2D eigenvalue weighted by Crippen LogP contribution is -2.38. The summed E-state index contributed by atoms with van der Waals surface area (Å²) in [6, 6.07) is 5.63. The number of rotatable bonds is 8. The Labute approximate surface area is 149 Å². The zero-order chi connectivity index (χ0) is 18.2. The van der Waals surface area contributed by atoms with Crippen molar-refractivity contribution in [2.75, 3.05) is 30.0 Å². The van der Waals surface area contributed by atoms with Crippen LogP contribution in [0.15, 0.2) is 18.2 Å². The highest BCUT2D eigenvalue weighted by Crippen LogP contribution is 2.32. The number of nitrogens with two attached hydrogens (primary N) is 1. The number of primary amides is 1. The molecule has 0 radical (unpaired) electrons. The molecular formula is C19H29N3O3. The molecule has 0 aliphatic carbocycles. The second kappa shape index (κ2) is 9.42. The van der Waals surface area contributed by atoms with Crippen molar-refractivity contribution in [3.8, 4) is 0 Å². The molecule has 6 heteroatoms. The number of hydrogen-bond acceptors (Lipinski definition) is 4. The first-order valence-corrected chi connectivity index (χ1v) is 9.11. The minimum Gasteiger partial charge on any atom is -0.372 e. The van der Waals surface area contributed by atoms with E-state index in [9.17, 15) is 9.59 Å². The summed E-state index contributed by atoms with van der Waals surface area (Å²) >= 11 is 0. The third kappa shape index (κ3) is 5.46. The van der Waals surface area contributed by atoms with Gasteiger partial charge in [-0.1, -0.05) is 13.3 Å². The van der Waals surface area contributed by atoms with Crippen molar-refractivity contribution < 1.29 is 14.3 Å². The minimum absolute atomic E-state index is 0.00971. The molecule has 2 rings (SSSR count). The first kappa shape index (κ1) is 19.2. The molecule has 1 aromatic carbocycles. The molecule has 1 aliphatic rings. The maximum absolute atomic E-state index is 12.2. The number of ether oxygens (including phenoxy) is 1. The van der Waals surface area contributed by atoms with Crippen molar-refractivity contribution in [2.24, 2.45) is 5.73 Å². The van der Waals surface area contributed by atoms with Crippen molar-refractivity contribution in [3.05, 3.63) is 23.8 Å². The van der Waals surface area contributed by atoms with Crippen LogP contribution >= 0.6 is 0 Å². The predicted octanol–water partition coefficient (Wildman–Crippen LogP) is 2.92. The summed E-state index contributed by atoms with van der Waals surface area (Å²) in [5.41, 5.74) is 7.33. The Morgan fingerprint density at radius 3 is 2.84 bits per heavy atom. The number of unbranched alkanes of at least 4 members (excludes halogenated alkanes) is 1. The smallest absolute Gasteiger partial charge is 0.250 e.